The van der Waals surface area contributed by atoms with Gasteiger partial charge in [0.15, 0.2) is 0 Å². The van der Waals surface area contributed by atoms with Crippen LogP contribution in [-0.2, 0) is 6.42 Å². The molecule has 132 valence electrons. The highest BCUT2D eigenvalue weighted by Gasteiger charge is 2.33. The Morgan fingerprint density at radius 2 is 1.32 bits per heavy atom. The molecule has 0 heterocycles. The highest BCUT2D eigenvalue weighted by molar-refractivity contribution is 6.31. The Hall–Kier alpha value is -0.980. The predicted molar refractivity (Wildman–Crippen MR) is 108 cm³/mol. The minimum absolute atomic E-state index is 0.632. The van der Waals surface area contributed by atoms with Crippen LogP contribution in [0.25, 0.3) is 0 Å². The Labute approximate surface area is 161 Å². The summed E-state index contributed by atoms with van der Waals surface area (Å²) in [5.74, 6) is 2.12. The topological polar surface area (TPSA) is 0 Å². The molecule has 0 radical (unpaired) electrons. The molecule has 2 aromatic rings. The van der Waals surface area contributed by atoms with Crippen molar-refractivity contribution in [2.75, 3.05) is 0 Å². The minimum atomic E-state index is 0.632. The van der Waals surface area contributed by atoms with Gasteiger partial charge in [0.25, 0.3) is 0 Å². The van der Waals surface area contributed by atoms with Crippen molar-refractivity contribution in [3.63, 3.8) is 0 Å². The summed E-state index contributed by atoms with van der Waals surface area (Å²) < 4.78 is 0. The molecule has 0 unspecified atom stereocenters. The van der Waals surface area contributed by atoms with Gasteiger partial charge in [-0.05, 0) is 116 Å². The molecule has 2 aromatic carbocycles. The van der Waals surface area contributed by atoms with E-state index in [9.17, 15) is 0 Å². The van der Waals surface area contributed by atoms with E-state index in [-0.39, 0.29) is 0 Å². The zero-order valence-corrected chi connectivity index (χ0v) is 16.8. The summed E-state index contributed by atoms with van der Waals surface area (Å²) in [5, 5.41) is 1.92. The second-order valence-electron chi connectivity index (χ2n) is 8.27. The van der Waals surface area contributed by atoms with Crippen molar-refractivity contribution in [3.8, 4) is 0 Å². The van der Waals surface area contributed by atoms with Crippen molar-refractivity contribution in [2.24, 2.45) is 5.92 Å². The maximum Gasteiger partial charge on any atom is 0.0443 e. The summed E-state index contributed by atoms with van der Waals surface area (Å²) >= 11 is 13.0. The van der Waals surface area contributed by atoms with Gasteiger partial charge in [0.05, 0.1) is 0 Å². The highest BCUT2D eigenvalue weighted by atomic mass is 35.5. The lowest BCUT2D eigenvalue weighted by Crippen LogP contribution is -2.24. The molecule has 2 aliphatic carbocycles. The van der Waals surface area contributed by atoms with Gasteiger partial charge in [0.2, 0.25) is 0 Å². The molecule has 0 spiro atoms. The SMILES string of the molecule is Cc1cc(Cl)c(C2CC(Cc3cc(C4CC4)c(Cl)cc3C)C2)cc1C. The molecule has 0 aromatic heterocycles. The molecule has 0 nitrogen and oxygen atoms in total. The molecule has 0 N–H and O–H groups in total. The zero-order chi connectivity index (χ0) is 17.7. The summed E-state index contributed by atoms with van der Waals surface area (Å²) in [4.78, 5) is 0. The van der Waals surface area contributed by atoms with Crippen LogP contribution in [-0.4, -0.2) is 0 Å². The van der Waals surface area contributed by atoms with Crippen LogP contribution in [0, 0.1) is 26.7 Å². The van der Waals surface area contributed by atoms with Gasteiger partial charge in [-0.2, -0.15) is 0 Å². The van der Waals surface area contributed by atoms with Gasteiger partial charge < -0.3 is 0 Å². The second-order valence-corrected chi connectivity index (χ2v) is 9.09. The first-order chi connectivity index (χ1) is 11.9. The number of benzene rings is 2. The summed E-state index contributed by atoms with van der Waals surface area (Å²) in [6, 6.07) is 9.01. The summed E-state index contributed by atoms with van der Waals surface area (Å²) in [5.41, 5.74) is 8.23. The first-order valence-electron chi connectivity index (χ1n) is 9.48. The first-order valence-corrected chi connectivity index (χ1v) is 10.2. The lowest BCUT2D eigenvalue weighted by atomic mass is 9.68. The maximum atomic E-state index is 6.51. The van der Waals surface area contributed by atoms with Gasteiger partial charge in [0, 0.05) is 10.0 Å². The monoisotopic (exact) mass is 372 g/mol. The van der Waals surface area contributed by atoms with E-state index >= 15 is 0 Å². The third-order valence-electron chi connectivity index (χ3n) is 6.27. The Morgan fingerprint density at radius 3 is 1.96 bits per heavy atom. The Balaban J connectivity index is 1.45. The molecule has 0 aliphatic heterocycles. The number of halogens is 2. The third kappa shape index (κ3) is 3.49. The Morgan fingerprint density at radius 1 is 0.760 bits per heavy atom. The van der Waals surface area contributed by atoms with Crippen LogP contribution in [0.2, 0.25) is 10.0 Å². The van der Waals surface area contributed by atoms with E-state index in [2.05, 4.69) is 45.0 Å². The van der Waals surface area contributed by atoms with Gasteiger partial charge in [-0.15, -0.1) is 0 Å². The van der Waals surface area contributed by atoms with Gasteiger partial charge in [-0.3, -0.25) is 0 Å². The van der Waals surface area contributed by atoms with E-state index in [0.29, 0.717) is 5.92 Å². The van der Waals surface area contributed by atoms with Crippen LogP contribution in [0.4, 0.5) is 0 Å². The van der Waals surface area contributed by atoms with Crippen LogP contribution in [0.1, 0.15) is 70.9 Å². The quantitative estimate of drug-likeness (QED) is 0.519. The van der Waals surface area contributed by atoms with Crippen LogP contribution in [0.5, 0.6) is 0 Å². The average molecular weight is 373 g/mol. The molecule has 2 aliphatic rings. The number of rotatable bonds is 4. The molecule has 0 saturated heterocycles. The summed E-state index contributed by atoms with van der Waals surface area (Å²) in [6.45, 7) is 6.52. The van der Waals surface area contributed by atoms with Crippen molar-refractivity contribution in [3.05, 3.63) is 67.7 Å². The minimum Gasteiger partial charge on any atom is -0.0840 e. The van der Waals surface area contributed by atoms with Crippen LogP contribution in [0.15, 0.2) is 24.3 Å². The predicted octanol–water partition coefficient (Wildman–Crippen LogP) is 7.53. The fraction of sp³-hybridized carbons (Fsp3) is 0.478. The van der Waals surface area contributed by atoms with E-state index in [0.717, 1.165) is 21.9 Å². The number of hydrogen-bond acceptors (Lipinski definition) is 0. The third-order valence-corrected chi connectivity index (χ3v) is 6.92. The molecule has 0 amide bonds. The lowest BCUT2D eigenvalue weighted by molar-refractivity contribution is 0.262. The van der Waals surface area contributed by atoms with Crippen LogP contribution >= 0.6 is 23.2 Å². The van der Waals surface area contributed by atoms with E-state index < -0.39 is 0 Å². The van der Waals surface area contributed by atoms with Crippen LogP contribution in [0.3, 0.4) is 0 Å². The lowest BCUT2D eigenvalue weighted by Gasteiger charge is -2.37. The average Bonchev–Trinajstić information content (AvgIpc) is 3.33. The largest absolute Gasteiger partial charge is 0.0840 e. The van der Waals surface area contributed by atoms with Crippen molar-refractivity contribution in [1.29, 1.82) is 0 Å². The normalized spacial score (nSPS) is 22.8. The fourth-order valence-electron chi connectivity index (χ4n) is 4.25. The van der Waals surface area contributed by atoms with Crippen molar-refractivity contribution >= 4 is 23.2 Å². The summed E-state index contributed by atoms with van der Waals surface area (Å²) in [6.07, 6.45) is 6.30. The Bertz CT molecular complexity index is 811. The zero-order valence-electron chi connectivity index (χ0n) is 15.3. The van der Waals surface area contributed by atoms with Gasteiger partial charge in [-0.1, -0.05) is 35.3 Å². The number of hydrogen-bond donors (Lipinski definition) is 0. The van der Waals surface area contributed by atoms with E-state index in [1.807, 2.05) is 0 Å². The Kier molecular flexibility index (Phi) is 4.63. The van der Waals surface area contributed by atoms with Gasteiger partial charge in [-0.25, -0.2) is 0 Å². The smallest absolute Gasteiger partial charge is 0.0443 e. The molecule has 0 atom stereocenters. The molecule has 2 saturated carbocycles. The molecular weight excluding hydrogens is 347 g/mol. The first kappa shape index (κ1) is 17.4. The van der Waals surface area contributed by atoms with Crippen molar-refractivity contribution in [1.82, 2.24) is 0 Å². The number of aryl methyl sites for hydroxylation is 3. The fourth-order valence-corrected chi connectivity index (χ4v) is 4.99. The molecule has 0 bridgehead atoms. The van der Waals surface area contributed by atoms with E-state index in [1.165, 1.54) is 65.5 Å². The molecular formula is C23H26Cl2. The van der Waals surface area contributed by atoms with Gasteiger partial charge in [0.1, 0.15) is 0 Å². The molecule has 25 heavy (non-hydrogen) atoms. The van der Waals surface area contributed by atoms with Crippen LogP contribution < -0.4 is 0 Å². The molecule has 2 fully saturated rings. The van der Waals surface area contributed by atoms with Crippen molar-refractivity contribution < 1.29 is 0 Å². The highest BCUT2D eigenvalue weighted by Crippen LogP contribution is 2.48. The standard InChI is InChI=1S/C23H26Cl2/c1-13-6-20(22(24)7-14(13)2)19-10-16(11-19)9-18-12-21(17-4-5-17)23(25)8-15(18)3/h6-8,12,16-17,19H,4-5,9-11H2,1-3H3. The second kappa shape index (κ2) is 6.63. The summed E-state index contributed by atoms with van der Waals surface area (Å²) in [7, 11) is 0. The van der Waals surface area contributed by atoms with E-state index in [1.54, 1.807) is 0 Å². The molecule has 2 heteroatoms. The molecule has 4 rings (SSSR count). The maximum absolute atomic E-state index is 6.51. The van der Waals surface area contributed by atoms with E-state index in [4.69, 9.17) is 23.2 Å². The van der Waals surface area contributed by atoms with Crippen molar-refractivity contribution in [2.45, 2.75) is 64.7 Å². The van der Waals surface area contributed by atoms with Gasteiger partial charge >= 0.3 is 0 Å².